The Balaban J connectivity index is 2.10. The van der Waals surface area contributed by atoms with Gasteiger partial charge in [-0.25, -0.2) is 0 Å². The Kier molecular flexibility index (Phi) is 6.71. The highest BCUT2D eigenvalue weighted by Gasteiger charge is 2.22. The van der Waals surface area contributed by atoms with Gasteiger partial charge in [0.2, 0.25) is 0 Å². The molecule has 0 bridgehead atoms. The molecule has 1 aromatic carbocycles. The second-order valence-electron chi connectivity index (χ2n) is 6.10. The van der Waals surface area contributed by atoms with E-state index in [1.54, 1.807) is 14.2 Å². The molecule has 0 spiro atoms. The summed E-state index contributed by atoms with van der Waals surface area (Å²) in [7, 11) is 3.25. The predicted molar refractivity (Wildman–Crippen MR) is 89.1 cm³/mol. The topological polar surface area (TPSA) is 59.0 Å². The fraction of sp³-hybridized carbons (Fsp3) is 0.611. The molecule has 0 amide bonds. The number of hydrogen-bond acceptors (Lipinski definition) is 4. The van der Waals surface area contributed by atoms with Gasteiger partial charge in [-0.3, -0.25) is 9.69 Å². The second-order valence-corrected chi connectivity index (χ2v) is 6.10. The SMILES string of the molecule is COc1ccc(CN(CCC(=O)O)C2CCCCC2)cc1OC. The van der Waals surface area contributed by atoms with Crippen LogP contribution in [-0.4, -0.2) is 42.8 Å². The van der Waals surface area contributed by atoms with Crippen LogP contribution >= 0.6 is 0 Å². The molecule has 0 unspecified atom stereocenters. The van der Waals surface area contributed by atoms with E-state index in [2.05, 4.69) is 4.90 Å². The molecule has 0 atom stereocenters. The molecule has 0 aromatic heterocycles. The number of rotatable bonds is 8. The van der Waals surface area contributed by atoms with E-state index in [9.17, 15) is 4.79 Å². The lowest BCUT2D eigenvalue weighted by Gasteiger charge is -2.34. The van der Waals surface area contributed by atoms with Crippen LogP contribution in [0.5, 0.6) is 11.5 Å². The first-order chi connectivity index (χ1) is 11.1. The van der Waals surface area contributed by atoms with Gasteiger partial charge in [0.25, 0.3) is 0 Å². The lowest BCUT2D eigenvalue weighted by molar-refractivity contribution is -0.137. The molecule has 0 saturated heterocycles. The van der Waals surface area contributed by atoms with Gasteiger partial charge in [0.15, 0.2) is 11.5 Å². The van der Waals surface area contributed by atoms with Crippen LogP contribution in [0.2, 0.25) is 0 Å². The third-order valence-corrected chi connectivity index (χ3v) is 4.54. The van der Waals surface area contributed by atoms with Crippen molar-refractivity contribution in [1.82, 2.24) is 4.90 Å². The maximum Gasteiger partial charge on any atom is 0.304 e. The molecule has 0 radical (unpaired) electrons. The van der Waals surface area contributed by atoms with Gasteiger partial charge < -0.3 is 14.6 Å². The number of aliphatic carboxylic acids is 1. The van der Waals surface area contributed by atoms with Crippen molar-refractivity contribution in [2.45, 2.75) is 51.1 Å². The molecule has 128 valence electrons. The maximum absolute atomic E-state index is 11.0. The van der Waals surface area contributed by atoms with E-state index in [0.717, 1.165) is 24.9 Å². The number of methoxy groups -OCH3 is 2. The van der Waals surface area contributed by atoms with Crippen molar-refractivity contribution < 1.29 is 19.4 Å². The molecule has 5 nitrogen and oxygen atoms in total. The molecule has 2 rings (SSSR count). The summed E-state index contributed by atoms with van der Waals surface area (Å²) in [6, 6.07) is 6.40. The minimum Gasteiger partial charge on any atom is -0.493 e. The van der Waals surface area contributed by atoms with Crippen LogP contribution in [0.3, 0.4) is 0 Å². The predicted octanol–water partition coefficient (Wildman–Crippen LogP) is 3.31. The average Bonchev–Trinajstić information content (AvgIpc) is 2.59. The van der Waals surface area contributed by atoms with E-state index >= 15 is 0 Å². The van der Waals surface area contributed by atoms with Crippen molar-refractivity contribution in [2.24, 2.45) is 0 Å². The maximum atomic E-state index is 11.0. The molecule has 0 aliphatic heterocycles. The van der Waals surface area contributed by atoms with Crippen molar-refractivity contribution in [3.05, 3.63) is 23.8 Å². The number of carbonyl (C=O) groups is 1. The first-order valence-electron chi connectivity index (χ1n) is 8.30. The highest BCUT2D eigenvalue weighted by atomic mass is 16.5. The van der Waals surface area contributed by atoms with Crippen LogP contribution in [0.15, 0.2) is 18.2 Å². The Bertz CT molecular complexity index is 512. The number of nitrogens with zero attached hydrogens (tertiary/aromatic N) is 1. The van der Waals surface area contributed by atoms with Crippen molar-refractivity contribution in [3.63, 3.8) is 0 Å². The van der Waals surface area contributed by atoms with Gasteiger partial charge in [0, 0.05) is 19.1 Å². The van der Waals surface area contributed by atoms with E-state index in [1.165, 1.54) is 19.3 Å². The van der Waals surface area contributed by atoms with Crippen molar-refractivity contribution in [2.75, 3.05) is 20.8 Å². The summed E-state index contributed by atoms with van der Waals surface area (Å²) in [4.78, 5) is 13.3. The van der Waals surface area contributed by atoms with Crippen LogP contribution in [0.4, 0.5) is 0 Å². The minimum absolute atomic E-state index is 0.184. The Labute approximate surface area is 138 Å². The van der Waals surface area contributed by atoms with Gasteiger partial charge in [-0.2, -0.15) is 0 Å². The molecule has 1 aliphatic carbocycles. The first kappa shape index (κ1) is 17.6. The van der Waals surface area contributed by atoms with Gasteiger partial charge in [-0.1, -0.05) is 25.3 Å². The lowest BCUT2D eigenvalue weighted by atomic mass is 9.93. The highest BCUT2D eigenvalue weighted by molar-refractivity contribution is 5.66. The molecule has 1 fully saturated rings. The van der Waals surface area contributed by atoms with E-state index in [1.807, 2.05) is 18.2 Å². The quantitative estimate of drug-likeness (QED) is 0.796. The van der Waals surface area contributed by atoms with E-state index < -0.39 is 5.97 Å². The lowest BCUT2D eigenvalue weighted by Crippen LogP contribution is -2.37. The van der Waals surface area contributed by atoms with Gasteiger partial charge in [-0.05, 0) is 30.5 Å². The minimum atomic E-state index is -0.738. The van der Waals surface area contributed by atoms with Gasteiger partial charge >= 0.3 is 5.97 Å². The van der Waals surface area contributed by atoms with E-state index in [4.69, 9.17) is 14.6 Å². The Morgan fingerprint density at radius 1 is 1.17 bits per heavy atom. The molecule has 1 saturated carbocycles. The first-order valence-corrected chi connectivity index (χ1v) is 8.30. The summed E-state index contributed by atoms with van der Waals surface area (Å²) in [5.41, 5.74) is 1.12. The van der Waals surface area contributed by atoms with Crippen LogP contribution < -0.4 is 9.47 Å². The molecular formula is C18H27NO4. The summed E-state index contributed by atoms with van der Waals surface area (Å²) in [6.07, 6.45) is 6.27. The van der Waals surface area contributed by atoms with E-state index in [-0.39, 0.29) is 6.42 Å². The Morgan fingerprint density at radius 2 is 1.87 bits per heavy atom. The largest absolute Gasteiger partial charge is 0.493 e. The average molecular weight is 321 g/mol. The fourth-order valence-electron chi connectivity index (χ4n) is 3.29. The van der Waals surface area contributed by atoms with Crippen molar-refractivity contribution in [1.29, 1.82) is 0 Å². The fourth-order valence-corrected chi connectivity index (χ4v) is 3.29. The van der Waals surface area contributed by atoms with Gasteiger partial charge in [0.05, 0.1) is 20.6 Å². The second kappa shape index (κ2) is 8.77. The summed E-state index contributed by atoms with van der Waals surface area (Å²) in [6.45, 7) is 1.34. The van der Waals surface area contributed by atoms with Gasteiger partial charge in [0.1, 0.15) is 0 Å². The summed E-state index contributed by atoms with van der Waals surface area (Å²) >= 11 is 0. The molecule has 1 aromatic rings. The molecule has 23 heavy (non-hydrogen) atoms. The Morgan fingerprint density at radius 3 is 2.48 bits per heavy atom. The molecule has 1 aliphatic rings. The smallest absolute Gasteiger partial charge is 0.304 e. The number of benzene rings is 1. The molecule has 1 N–H and O–H groups in total. The monoisotopic (exact) mass is 321 g/mol. The van der Waals surface area contributed by atoms with Crippen LogP contribution in [-0.2, 0) is 11.3 Å². The van der Waals surface area contributed by atoms with Crippen molar-refractivity contribution in [3.8, 4) is 11.5 Å². The van der Waals surface area contributed by atoms with E-state index in [0.29, 0.717) is 24.1 Å². The molecule has 0 heterocycles. The molecular weight excluding hydrogens is 294 g/mol. The number of carboxylic acids is 1. The number of ether oxygens (including phenoxy) is 2. The normalized spacial score (nSPS) is 15.6. The summed E-state index contributed by atoms with van der Waals surface area (Å²) in [5.74, 6) is 0.691. The van der Waals surface area contributed by atoms with Gasteiger partial charge in [-0.15, -0.1) is 0 Å². The third kappa shape index (κ3) is 5.13. The van der Waals surface area contributed by atoms with Crippen LogP contribution in [0, 0.1) is 0 Å². The van der Waals surface area contributed by atoms with Crippen molar-refractivity contribution >= 4 is 5.97 Å². The number of hydrogen-bond donors (Lipinski definition) is 1. The highest BCUT2D eigenvalue weighted by Crippen LogP contribution is 2.29. The van der Waals surface area contributed by atoms with Crippen LogP contribution in [0.25, 0.3) is 0 Å². The molecule has 5 heteroatoms. The zero-order valence-electron chi connectivity index (χ0n) is 14.1. The zero-order chi connectivity index (χ0) is 16.7. The third-order valence-electron chi connectivity index (χ3n) is 4.54. The summed E-state index contributed by atoms with van der Waals surface area (Å²) in [5, 5.41) is 9.01. The number of carboxylic acid groups (broad SMARTS) is 1. The van der Waals surface area contributed by atoms with Crippen LogP contribution in [0.1, 0.15) is 44.1 Å². The summed E-state index contributed by atoms with van der Waals surface area (Å²) < 4.78 is 10.6. The standard InChI is InChI=1S/C18H27NO4/c1-22-16-9-8-14(12-17(16)23-2)13-19(11-10-18(20)21)15-6-4-3-5-7-15/h8-9,12,15H,3-7,10-11,13H2,1-2H3,(H,20,21). The Hall–Kier alpha value is -1.75. The zero-order valence-corrected chi connectivity index (χ0v) is 14.1.